The highest BCUT2D eigenvalue weighted by Crippen LogP contribution is 2.27. The number of aromatic nitrogens is 1. The van der Waals surface area contributed by atoms with Crippen molar-refractivity contribution in [3.8, 4) is 5.75 Å². The lowest BCUT2D eigenvalue weighted by Crippen LogP contribution is -2.38. The maximum absolute atomic E-state index is 12.7. The molecule has 3 aromatic rings. The van der Waals surface area contributed by atoms with Crippen molar-refractivity contribution >= 4 is 27.7 Å². The number of amides is 2. The highest BCUT2D eigenvalue weighted by Gasteiger charge is 2.21. The third-order valence-electron chi connectivity index (χ3n) is 5.66. The van der Waals surface area contributed by atoms with Crippen LogP contribution in [0.1, 0.15) is 49.5 Å². The van der Waals surface area contributed by atoms with Gasteiger partial charge in [0.2, 0.25) is 0 Å². The van der Waals surface area contributed by atoms with Gasteiger partial charge < -0.3 is 15.8 Å². The number of nitrogens with one attached hydrogen (secondary N) is 1. The van der Waals surface area contributed by atoms with Crippen molar-refractivity contribution in [2.45, 2.75) is 38.8 Å². The molecule has 6 nitrogen and oxygen atoms in total. The number of hydrogen-bond donors (Lipinski definition) is 2. The van der Waals surface area contributed by atoms with Crippen LogP contribution in [0.4, 0.5) is 0 Å². The molecule has 1 aliphatic carbocycles. The zero-order valence-electron chi connectivity index (χ0n) is 17.7. The van der Waals surface area contributed by atoms with Gasteiger partial charge in [-0.2, -0.15) is 0 Å². The number of carbonyl (C=O) groups excluding carboxylic acids is 2. The Morgan fingerprint density at radius 2 is 2.00 bits per heavy atom. The first-order chi connectivity index (χ1) is 15.4. The van der Waals surface area contributed by atoms with E-state index in [0.29, 0.717) is 12.2 Å². The second-order valence-corrected chi connectivity index (χ2v) is 8.86. The van der Waals surface area contributed by atoms with E-state index in [1.165, 1.54) is 11.1 Å². The second-order valence-electron chi connectivity index (χ2n) is 8.01. The fraction of sp³-hybridized carbons (Fsp3) is 0.240. The van der Waals surface area contributed by atoms with Crippen LogP contribution in [0, 0.1) is 6.92 Å². The van der Waals surface area contributed by atoms with Crippen LogP contribution in [0.3, 0.4) is 0 Å². The summed E-state index contributed by atoms with van der Waals surface area (Å²) in [6.07, 6.45) is 4.11. The van der Waals surface area contributed by atoms with Gasteiger partial charge in [0.25, 0.3) is 11.8 Å². The Kier molecular flexibility index (Phi) is 6.55. The Balaban J connectivity index is 1.40. The Morgan fingerprint density at radius 3 is 2.78 bits per heavy atom. The van der Waals surface area contributed by atoms with Gasteiger partial charge in [-0.1, -0.05) is 28.1 Å². The zero-order valence-corrected chi connectivity index (χ0v) is 19.3. The molecule has 4 rings (SSSR count). The number of pyridine rings is 1. The molecule has 164 valence electrons. The van der Waals surface area contributed by atoms with Crippen LogP contribution in [0.15, 0.2) is 59.2 Å². The van der Waals surface area contributed by atoms with Crippen molar-refractivity contribution in [1.29, 1.82) is 0 Å². The van der Waals surface area contributed by atoms with Gasteiger partial charge >= 0.3 is 0 Å². The molecule has 7 heteroatoms. The van der Waals surface area contributed by atoms with E-state index < -0.39 is 5.91 Å². The monoisotopic (exact) mass is 493 g/mol. The molecule has 1 aromatic heterocycles. The molecular formula is C25H24BrN3O3. The highest BCUT2D eigenvalue weighted by molar-refractivity contribution is 9.10. The molecule has 0 fully saturated rings. The van der Waals surface area contributed by atoms with Crippen molar-refractivity contribution in [1.82, 2.24) is 10.3 Å². The van der Waals surface area contributed by atoms with E-state index in [0.717, 1.165) is 40.6 Å². The average Bonchev–Trinajstić information content (AvgIpc) is 2.79. The number of hydrogen-bond acceptors (Lipinski definition) is 4. The standard InChI is InChI=1S/C25H24BrN3O3/c1-15-2-3-18(13-22(15)26)25(31)29-20-6-4-17-5-7-21(12-19(17)11-20)32-14-16-8-9-28-23(10-16)24(27)30/h2-3,5,7-10,12-13,20H,4,6,11,14H2,1H3,(H2,27,30)(H,29,31). The third kappa shape index (κ3) is 5.16. The molecule has 1 unspecified atom stereocenters. The van der Waals surface area contributed by atoms with E-state index in [2.05, 4.69) is 32.3 Å². The fourth-order valence-corrected chi connectivity index (χ4v) is 4.19. The molecule has 1 atom stereocenters. The van der Waals surface area contributed by atoms with Gasteiger partial charge in [0.05, 0.1) is 0 Å². The second kappa shape index (κ2) is 9.53. The van der Waals surface area contributed by atoms with Crippen LogP contribution in [-0.4, -0.2) is 22.8 Å². The normalized spacial score (nSPS) is 15.0. The highest BCUT2D eigenvalue weighted by atomic mass is 79.9. The Bertz CT molecular complexity index is 1180. The minimum absolute atomic E-state index is 0.0607. The first-order valence-corrected chi connectivity index (χ1v) is 11.2. The molecule has 0 spiro atoms. The van der Waals surface area contributed by atoms with Crippen LogP contribution in [0.2, 0.25) is 0 Å². The van der Waals surface area contributed by atoms with E-state index >= 15 is 0 Å². The molecule has 2 amide bonds. The zero-order chi connectivity index (χ0) is 22.7. The van der Waals surface area contributed by atoms with E-state index in [4.69, 9.17) is 10.5 Å². The lowest BCUT2D eigenvalue weighted by atomic mass is 9.88. The lowest BCUT2D eigenvalue weighted by molar-refractivity contribution is 0.0932. The molecule has 0 saturated heterocycles. The minimum atomic E-state index is -0.563. The maximum atomic E-state index is 12.7. The molecule has 0 radical (unpaired) electrons. The number of rotatable bonds is 6. The number of carbonyl (C=O) groups is 2. The molecular weight excluding hydrogens is 470 g/mol. The van der Waals surface area contributed by atoms with E-state index in [1.807, 2.05) is 37.3 Å². The van der Waals surface area contributed by atoms with E-state index in [9.17, 15) is 9.59 Å². The molecule has 2 aromatic carbocycles. The molecule has 0 saturated carbocycles. The summed E-state index contributed by atoms with van der Waals surface area (Å²) in [6, 6.07) is 15.2. The fourth-order valence-electron chi connectivity index (χ4n) is 3.81. The molecule has 1 aliphatic rings. The number of halogens is 1. The van der Waals surface area contributed by atoms with Gasteiger partial charge in [-0.3, -0.25) is 14.6 Å². The minimum Gasteiger partial charge on any atom is -0.489 e. The molecule has 0 aliphatic heterocycles. The summed E-state index contributed by atoms with van der Waals surface area (Å²) in [5, 5.41) is 3.17. The summed E-state index contributed by atoms with van der Waals surface area (Å²) in [7, 11) is 0. The predicted molar refractivity (Wildman–Crippen MR) is 126 cm³/mol. The van der Waals surface area contributed by atoms with Crippen molar-refractivity contribution in [3.63, 3.8) is 0 Å². The number of nitrogens with two attached hydrogens (primary N) is 1. The number of ether oxygens (including phenoxy) is 1. The maximum Gasteiger partial charge on any atom is 0.267 e. The predicted octanol–water partition coefficient (Wildman–Crippen LogP) is 4.12. The van der Waals surface area contributed by atoms with Crippen LogP contribution in [0.25, 0.3) is 0 Å². The number of primary amides is 1. The molecule has 1 heterocycles. The Labute approximate surface area is 195 Å². The summed E-state index contributed by atoms with van der Waals surface area (Å²) in [5.41, 5.74) is 10.5. The van der Waals surface area contributed by atoms with Crippen molar-refractivity contribution in [2.75, 3.05) is 0 Å². The summed E-state index contributed by atoms with van der Waals surface area (Å²) < 4.78 is 6.86. The number of fused-ring (bicyclic) bond motifs is 1. The summed E-state index contributed by atoms with van der Waals surface area (Å²) >= 11 is 3.49. The van der Waals surface area contributed by atoms with Crippen LogP contribution < -0.4 is 15.8 Å². The number of benzene rings is 2. The summed E-state index contributed by atoms with van der Waals surface area (Å²) in [6.45, 7) is 2.30. The number of aryl methyl sites for hydroxylation is 2. The number of nitrogens with zero attached hydrogens (tertiary/aromatic N) is 1. The summed E-state index contributed by atoms with van der Waals surface area (Å²) in [5.74, 6) is 0.122. The SMILES string of the molecule is Cc1ccc(C(=O)NC2CCc3ccc(OCc4ccnc(C(N)=O)c4)cc3C2)cc1Br. The van der Waals surface area contributed by atoms with Gasteiger partial charge in [0, 0.05) is 22.3 Å². The van der Waals surface area contributed by atoms with Crippen LogP contribution >= 0.6 is 15.9 Å². The molecule has 3 N–H and O–H groups in total. The third-order valence-corrected chi connectivity index (χ3v) is 6.51. The lowest BCUT2D eigenvalue weighted by Gasteiger charge is -2.26. The Morgan fingerprint density at radius 1 is 1.16 bits per heavy atom. The van der Waals surface area contributed by atoms with Gasteiger partial charge in [0.1, 0.15) is 18.1 Å². The van der Waals surface area contributed by atoms with Gasteiger partial charge in [-0.15, -0.1) is 0 Å². The van der Waals surface area contributed by atoms with Crippen molar-refractivity contribution in [3.05, 3.63) is 92.7 Å². The summed E-state index contributed by atoms with van der Waals surface area (Å²) in [4.78, 5) is 27.9. The largest absolute Gasteiger partial charge is 0.489 e. The Hall–Kier alpha value is -3.19. The van der Waals surface area contributed by atoms with Crippen molar-refractivity contribution < 1.29 is 14.3 Å². The first kappa shape index (κ1) is 22.0. The van der Waals surface area contributed by atoms with Crippen molar-refractivity contribution in [2.24, 2.45) is 5.73 Å². The first-order valence-electron chi connectivity index (χ1n) is 10.5. The van der Waals surface area contributed by atoms with Gasteiger partial charge in [-0.05, 0) is 84.8 Å². The van der Waals surface area contributed by atoms with Crippen LogP contribution in [0.5, 0.6) is 5.75 Å². The van der Waals surface area contributed by atoms with Gasteiger partial charge in [-0.25, -0.2) is 0 Å². The van der Waals surface area contributed by atoms with E-state index in [1.54, 1.807) is 18.3 Å². The smallest absolute Gasteiger partial charge is 0.267 e. The topological polar surface area (TPSA) is 94.3 Å². The average molecular weight is 494 g/mol. The van der Waals surface area contributed by atoms with Crippen LogP contribution in [-0.2, 0) is 19.4 Å². The quantitative estimate of drug-likeness (QED) is 0.539. The van der Waals surface area contributed by atoms with E-state index in [-0.39, 0.29) is 17.6 Å². The molecule has 32 heavy (non-hydrogen) atoms. The molecule has 0 bridgehead atoms. The van der Waals surface area contributed by atoms with Gasteiger partial charge in [0.15, 0.2) is 0 Å².